The summed E-state index contributed by atoms with van der Waals surface area (Å²) in [5.74, 6) is -0.577. The normalized spacial score (nSPS) is 43.2. The van der Waals surface area contributed by atoms with Crippen molar-refractivity contribution >= 4 is 15.9 Å². The van der Waals surface area contributed by atoms with E-state index in [1.807, 2.05) is 0 Å². The molecule has 3 nitrogen and oxygen atoms in total. The highest BCUT2D eigenvalue weighted by atomic mass is 79.9. The van der Waals surface area contributed by atoms with E-state index in [4.69, 9.17) is 9.47 Å². The lowest BCUT2D eigenvalue weighted by Crippen LogP contribution is -2.48. The van der Waals surface area contributed by atoms with Gasteiger partial charge < -0.3 is 14.6 Å². The highest BCUT2D eigenvalue weighted by Gasteiger charge is 2.60. The average molecular weight is 331 g/mol. The topological polar surface area (TPSA) is 38.7 Å². The fraction of sp³-hybridized carbons (Fsp3) is 0.867. The first-order valence-electron chi connectivity index (χ1n) is 7.21. The summed E-state index contributed by atoms with van der Waals surface area (Å²) in [5.41, 5.74) is 1.33. The van der Waals surface area contributed by atoms with Gasteiger partial charge in [0.25, 0.3) is 0 Å². The number of ether oxygens (including phenoxy) is 2. The lowest BCUT2D eigenvalue weighted by molar-refractivity contribution is -0.213. The minimum absolute atomic E-state index is 0.0360. The first-order valence-corrected chi connectivity index (χ1v) is 8.13. The van der Waals surface area contributed by atoms with E-state index in [0.717, 1.165) is 13.0 Å². The van der Waals surface area contributed by atoms with Crippen molar-refractivity contribution in [2.24, 2.45) is 10.8 Å². The number of aliphatic hydroxyl groups excluding tert-OH is 1. The van der Waals surface area contributed by atoms with Crippen LogP contribution in [0.1, 0.15) is 39.5 Å². The number of alkyl halides is 1. The molecule has 3 rings (SSSR count). The van der Waals surface area contributed by atoms with Crippen molar-refractivity contribution in [3.05, 3.63) is 11.6 Å². The Labute approximate surface area is 123 Å². The Kier molecular flexibility index (Phi) is 3.37. The maximum atomic E-state index is 9.75. The van der Waals surface area contributed by atoms with Crippen LogP contribution in [0.15, 0.2) is 11.6 Å². The van der Waals surface area contributed by atoms with Crippen LogP contribution in [0.3, 0.4) is 0 Å². The van der Waals surface area contributed by atoms with Crippen molar-refractivity contribution in [2.45, 2.75) is 50.1 Å². The summed E-state index contributed by atoms with van der Waals surface area (Å²) < 4.78 is 12.3. The monoisotopic (exact) mass is 330 g/mol. The summed E-state index contributed by atoms with van der Waals surface area (Å²) in [4.78, 5) is 0.0360. The van der Waals surface area contributed by atoms with Gasteiger partial charge in [-0.05, 0) is 31.6 Å². The van der Waals surface area contributed by atoms with Crippen LogP contribution in [-0.4, -0.2) is 35.5 Å². The molecule has 108 valence electrons. The maximum absolute atomic E-state index is 9.75. The van der Waals surface area contributed by atoms with E-state index in [9.17, 15) is 5.11 Å². The summed E-state index contributed by atoms with van der Waals surface area (Å²) in [6.45, 7) is 5.75. The number of aliphatic hydroxyl groups is 1. The second-order valence-electron chi connectivity index (χ2n) is 6.66. The van der Waals surface area contributed by atoms with E-state index in [0.29, 0.717) is 12.0 Å². The molecule has 1 N–H and O–H groups in total. The number of halogens is 1. The molecule has 19 heavy (non-hydrogen) atoms. The summed E-state index contributed by atoms with van der Waals surface area (Å²) in [6, 6.07) is 0. The molecule has 0 amide bonds. The van der Waals surface area contributed by atoms with Gasteiger partial charge in [-0.2, -0.15) is 0 Å². The van der Waals surface area contributed by atoms with Gasteiger partial charge in [0.05, 0.1) is 30.1 Å². The molecule has 0 radical (unpaired) electrons. The van der Waals surface area contributed by atoms with Gasteiger partial charge in [0.1, 0.15) is 0 Å². The third-order valence-corrected chi connectivity index (χ3v) is 6.77. The number of hydrogen-bond acceptors (Lipinski definition) is 3. The van der Waals surface area contributed by atoms with Crippen molar-refractivity contribution in [3.63, 3.8) is 0 Å². The molecule has 1 aliphatic heterocycles. The van der Waals surface area contributed by atoms with Gasteiger partial charge in [0.15, 0.2) is 5.79 Å². The zero-order valence-electron chi connectivity index (χ0n) is 11.7. The molecule has 2 aliphatic carbocycles. The Balaban J connectivity index is 1.78. The van der Waals surface area contributed by atoms with Crippen LogP contribution in [0.5, 0.6) is 0 Å². The van der Waals surface area contributed by atoms with E-state index in [1.54, 1.807) is 0 Å². The summed E-state index contributed by atoms with van der Waals surface area (Å²) in [5, 5.41) is 9.75. The molecular weight excluding hydrogens is 308 g/mol. The van der Waals surface area contributed by atoms with Crippen molar-refractivity contribution in [3.8, 4) is 0 Å². The van der Waals surface area contributed by atoms with Crippen LogP contribution < -0.4 is 0 Å². The molecule has 0 aromatic rings. The molecule has 3 aliphatic rings. The largest absolute Gasteiger partial charge is 0.395 e. The van der Waals surface area contributed by atoms with Gasteiger partial charge in [-0.1, -0.05) is 34.5 Å². The predicted octanol–water partition coefficient (Wildman–Crippen LogP) is 3.01. The minimum atomic E-state index is -0.577. The first kappa shape index (κ1) is 14.1. The summed E-state index contributed by atoms with van der Waals surface area (Å²) in [7, 11) is 0. The van der Waals surface area contributed by atoms with Gasteiger partial charge in [-0.25, -0.2) is 0 Å². The van der Waals surface area contributed by atoms with E-state index in [-0.39, 0.29) is 16.8 Å². The molecular formula is C15H23BrO3. The van der Waals surface area contributed by atoms with Crippen molar-refractivity contribution in [1.29, 1.82) is 0 Å². The molecule has 1 saturated heterocycles. The van der Waals surface area contributed by atoms with Crippen LogP contribution in [0.4, 0.5) is 0 Å². The summed E-state index contributed by atoms with van der Waals surface area (Å²) in [6.07, 6.45) is 6.67. The number of rotatable bonds is 5. The summed E-state index contributed by atoms with van der Waals surface area (Å²) >= 11 is 3.74. The van der Waals surface area contributed by atoms with Gasteiger partial charge in [0, 0.05) is 6.42 Å². The number of fused-ring (bicyclic) bond motifs is 2. The zero-order chi connectivity index (χ0) is 13.7. The minimum Gasteiger partial charge on any atom is -0.395 e. The van der Waals surface area contributed by atoms with E-state index < -0.39 is 5.79 Å². The van der Waals surface area contributed by atoms with Gasteiger partial charge in [-0.3, -0.25) is 0 Å². The molecule has 0 aromatic heterocycles. The van der Waals surface area contributed by atoms with Gasteiger partial charge in [-0.15, -0.1) is 0 Å². The standard InChI is InChI=1S/C15H23BrO3/c1-3-13(4-5-13)9-18-15-7-11(2)6-14(8-17,10-19-15)12(15)16/h6,12,17H,3-5,7-10H2,1-2H3/t12-,14+,15-/m0/s1. The predicted molar refractivity (Wildman–Crippen MR) is 77.2 cm³/mol. The lowest BCUT2D eigenvalue weighted by atomic mass is 9.77. The second kappa shape index (κ2) is 4.55. The zero-order valence-corrected chi connectivity index (χ0v) is 13.3. The Bertz CT molecular complexity index is 404. The van der Waals surface area contributed by atoms with E-state index in [2.05, 4.69) is 35.9 Å². The van der Waals surface area contributed by atoms with E-state index in [1.165, 1.54) is 24.8 Å². The van der Waals surface area contributed by atoms with Crippen LogP contribution >= 0.6 is 15.9 Å². The average Bonchev–Trinajstić information content (AvgIpc) is 3.16. The fourth-order valence-corrected chi connectivity index (χ4v) is 4.25. The van der Waals surface area contributed by atoms with Crippen LogP contribution in [-0.2, 0) is 9.47 Å². The SMILES string of the molecule is CCC1(CO[C@@]23CC(C)=C[C@@](CO)(CO2)[C@@H]3Br)CC1. The molecule has 1 heterocycles. The maximum Gasteiger partial charge on any atom is 0.185 e. The third kappa shape index (κ3) is 2.11. The van der Waals surface area contributed by atoms with Crippen LogP contribution in [0, 0.1) is 10.8 Å². The molecule has 2 fully saturated rings. The molecule has 0 unspecified atom stereocenters. The molecule has 1 saturated carbocycles. The quantitative estimate of drug-likeness (QED) is 0.622. The second-order valence-corrected chi connectivity index (χ2v) is 7.58. The Morgan fingerprint density at radius 2 is 2.26 bits per heavy atom. The first-order chi connectivity index (χ1) is 9.00. The van der Waals surface area contributed by atoms with Crippen molar-refractivity contribution in [2.75, 3.05) is 19.8 Å². The molecule has 3 atom stereocenters. The van der Waals surface area contributed by atoms with Gasteiger partial charge in [0.2, 0.25) is 0 Å². The van der Waals surface area contributed by atoms with Crippen molar-refractivity contribution in [1.82, 2.24) is 0 Å². The highest BCUT2D eigenvalue weighted by Crippen LogP contribution is 2.55. The van der Waals surface area contributed by atoms with Gasteiger partial charge >= 0.3 is 0 Å². The molecule has 2 bridgehead atoms. The lowest BCUT2D eigenvalue weighted by Gasteiger charge is -2.40. The smallest absolute Gasteiger partial charge is 0.185 e. The number of hydrogen-bond donors (Lipinski definition) is 1. The van der Waals surface area contributed by atoms with E-state index >= 15 is 0 Å². The fourth-order valence-electron chi connectivity index (χ4n) is 3.42. The molecule has 0 aromatic carbocycles. The Hall–Kier alpha value is 0.100. The van der Waals surface area contributed by atoms with Crippen molar-refractivity contribution < 1.29 is 14.6 Å². The van der Waals surface area contributed by atoms with Crippen LogP contribution in [0.2, 0.25) is 0 Å². The Morgan fingerprint density at radius 1 is 1.53 bits per heavy atom. The highest BCUT2D eigenvalue weighted by molar-refractivity contribution is 9.09. The Morgan fingerprint density at radius 3 is 2.84 bits per heavy atom. The third-order valence-electron chi connectivity index (χ3n) is 5.16. The van der Waals surface area contributed by atoms with Crippen LogP contribution in [0.25, 0.3) is 0 Å². The molecule has 0 spiro atoms. The molecule has 4 heteroatoms.